The predicted molar refractivity (Wildman–Crippen MR) is 109 cm³/mol. The molecule has 3 N–H and O–H groups in total. The van der Waals surface area contributed by atoms with Gasteiger partial charge in [0.25, 0.3) is 0 Å². The third-order valence-corrected chi connectivity index (χ3v) is 4.71. The maximum atomic E-state index is 13.7. The molecule has 0 aliphatic rings. The highest BCUT2D eigenvalue weighted by Gasteiger charge is 2.13. The molecule has 0 saturated carbocycles. The van der Waals surface area contributed by atoms with Gasteiger partial charge in [0, 0.05) is 35.3 Å². The predicted octanol–water partition coefficient (Wildman–Crippen LogP) is 4.30. The Kier molecular flexibility index (Phi) is 5.45. The lowest BCUT2D eigenvalue weighted by Crippen LogP contribution is -2.05. The van der Waals surface area contributed by atoms with Crippen LogP contribution in [0.5, 0.6) is 5.75 Å². The molecule has 6 nitrogen and oxygen atoms in total. The Morgan fingerprint density at radius 3 is 2.83 bits per heavy atom. The second-order valence-electron chi connectivity index (χ2n) is 6.83. The normalized spacial score (nSPS) is 11.0. The van der Waals surface area contributed by atoms with Gasteiger partial charge in [-0.3, -0.25) is 9.78 Å². The van der Waals surface area contributed by atoms with E-state index in [1.165, 1.54) is 18.2 Å². The third-order valence-electron chi connectivity index (χ3n) is 4.71. The Balaban J connectivity index is 1.68. The average molecular weight is 406 g/mol. The van der Waals surface area contributed by atoms with E-state index < -0.39 is 11.8 Å². The highest BCUT2D eigenvalue weighted by atomic mass is 19.1. The summed E-state index contributed by atoms with van der Waals surface area (Å²) >= 11 is 0. The van der Waals surface area contributed by atoms with Crippen LogP contribution in [-0.4, -0.2) is 16.1 Å². The van der Waals surface area contributed by atoms with Gasteiger partial charge in [-0.1, -0.05) is 6.07 Å². The smallest absolute Gasteiger partial charge is 0.307 e. The minimum absolute atomic E-state index is 0.138. The van der Waals surface area contributed by atoms with E-state index in [9.17, 15) is 9.18 Å². The van der Waals surface area contributed by atoms with Crippen molar-refractivity contribution >= 4 is 16.9 Å². The fraction of sp³-hybridized carbons (Fsp3) is 0.130. The third kappa shape index (κ3) is 4.16. The molecule has 30 heavy (non-hydrogen) atoms. The van der Waals surface area contributed by atoms with Crippen molar-refractivity contribution in [2.24, 2.45) is 5.73 Å². The molecule has 0 bridgehead atoms. The topological polar surface area (TPSA) is 98.6 Å². The molecular formula is C23H19FN2O4. The maximum absolute atomic E-state index is 13.7. The Labute approximate surface area is 171 Å². The van der Waals surface area contributed by atoms with Crippen LogP contribution in [0.25, 0.3) is 22.1 Å². The van der Waals surface area contributed by atoms with Gasteiger partial charge in [-0.15, -0.1) is 0 Å². The number of ether oxygens (including phenoxy) is 1. The van der Waals surface area contributed by atoms with E-state index in [4.69, 9.17) is 20.0 Å². The van der Waals surface area contributed by atoms with Crippen molar-refractivity contribution in [3.63, 3.8) is 0 Å². The van der Waals surface area contributed by atoms with E-state index in [-0.39, 0.29) is 18.8 Å². The number of carboxylic acid groups (broad SMARTS) is 1. The molecule has 0 radical (unpaired) electrons. The largest absolute Gasteiger partial charge is 0.488 e. The van der Waals surface area contributed by atoms with Crippen LogP contribution in [0.2, 0.25) is 0 Å². The first-order valence-electron chi connectivity index (χ1n) is 9.32. The molecule has 0 fully saturated rings. The van der Waals surface area contributed by atoms with Gasteiger partial charge in [-0.05, 0) is 47.5 Å². The number of halogens is 1. The number of fused-ring (bicyclic) bond motifs is 1. The van der Waals surface area contributed by atoms with Crippen LogP contribution in [0.15, 0.2) is 65.4 Å². The number of hydrogen-bond acceptors (Lipinski definition) is 5. The van der Waals surface area contributed by atoms with Crippen molar-refractivity contribution in [2.75, 3.05) is 0 Å². The number of benzene rings is 2. The van der Waals surface area contributed by atoms with Gasteiger partial charge < -0.3 is 20.0 Å². The van der Waals surface area contributed by atoms with Crippen molar-refractivity contribution in [3.05, 3.63) is 83.6 Å². The number of nitrogens with two attached hydrogens (primary N) is 1. The van der Waals surface area contributed by atoms with Gasteiger partial charge in [0.1, 0.15) is 23.8 Å². The lowest BCUT2D eigenvalue weighted by molar-refractivity contribution is -0.136. The summed E-state index contributed by atoms with van der Waals surface area (Å²) in [4.78, 5) is 15.3. The Morgan fingerprint density at radius 2 is 2.03 bits per heavy atom. The van der Waals surface area contributed by atoms with Gasteiger partial charge in [-0.2, -0.15) is 0 Å². The zero-order chi connectivity index (χ0) is 21.1. The summed E-state index contributed by atoms with van der Waals surface area (Å²) in [5.74, 6) is -1.29. The average Bonchev–Trinajstić information content (AvgIpc) is 3.21. The van der Waals surface area contributed by atoms with Gasteiger partial charge in [-0.25, -0.2) is 4.39 Å². The van der Waals surface area contributed by atoms with Crippen LogP contribution < -0.4 is 10.5 Å². The zero-order valence-corrected chi connectivity index (χ0v) is 16.0. The molecule has 7 heteroatoms. The minimum atomic E-state index is -1.01. The second-order valence-corrected chi connectivity index (χ2v) is 6.83. The number of hydrogen-bond donors (Lipinski definition) is 2. The van der Waals surface area contributed by atoms with Crippen molar-refractivity contribution in [1.29, 1.82) is 0 Å². The quantitative estimate of drug-likeness (QED) is 0.475. The molecule has 2 heterocycles. The molecule has 0 atom stereocenters. The number of carbonyl (C=O) groups is 1. The van der Waals surface area contributed by atoms with Crippen LogP contribution >= 0.6 is 0 Å². The van der Waals surface area contributed by atoms with Gasteiger partial charge in [0.15, 0.2) is 0 Å². The summed E-state index contributed by atoms with van der Waals surface area (Å²) in [5, 5.41) is 9.96. The number of aromatic nitrogens is 1. The van der Waals surface area contributed by atoms with Crippen LogP contribution in [0, 0.1) is 5.82 Å². The van der Waals surface area contributed by atoms with Crippen molar-refractivity contribution < 1.29 is 23.4 Å². The van der Waals surface area contributed by atoms with Crippen LogP contribution in [0.3, 0.4) is 0 Å². The fourth-order valence-electron chi connectivity index (χ4n) is 3.33. The van der Waals surface area contributed by atoms with E-state index >= 15 is 0 Å². The summed E-state index contributed by atoms with van der Waals surface area (Å²) in [6, 6.07) is 13.3. The van der Waals surface area contributed by atoms with Crippen molar-refractivity contribution in [2.45, 2.75) is 19.6 Å². The summed E-state index contributed by atoms with van der Waals surface area (Å²) in [7, 11) is 0. The first-order valence-corrected chi connectivity index (χ1v) is 9.32. The van der Waals surface area contributed by atoms with Crippen LogP contribution in [0.1, 0.15) is 16.8 Å². The fourth-order valence-corrected chi connectivity index (χ4v) is 3.33. The SMILES string of the molecule is NCc1cc(-c2cc(COc3cc(F)ccc3CC(=O)O)cc3ccoc23)ccn1. The lowest BCUT2D eigenvalue weighted by atomic mass is 10.0. The molecule has 0 saturated heterocycles. The highest BCUT2D eigenvalue weighted by Crippen LogP contribution is 2.32. The van der Waals surface area contributed by atoms with Gasteiger partial charge in [0.05, 0.1) is 18.4 Å². The molecule has 0 amide bonds. The van der Waals surface area contributed by atoms with E-state index in [1.54, 1.807) is 12.5 Å². The molecule has 2 aromatic heterocycles. The monoisotopic (exact) mass is 406 g/mol. The van der Waals surface area contributed by atoms with Crippen molar-refractivity contribution in [3.8, 4) is 16.9 Å². The number of rotatable bonds is 7. The maximum Gasteiger partial charge on any atom is 0.307 e. The van der Waals surface area contributed by atoms with Crippen LogP contribution in [0.4, 0.5) is 4.39 Å². The summed E-state index contributed by atoms with van der Waals surface area (Å²) < 4.78 is 25.1. The Morgan fingerprint density at radius 1 is 1.17 bits per heavy atom. The summed E-state index contributed by atoms with van der Waals surface area (Å²) in [6.07, 6.45) is 3.06. The molecular weight excluding hydrogens is 387 g/mol. The van der Waals surface area contributed by atoms with E-state index in [2.05, 4.69) is 4.98 Å². The Hall–Kier alpha value is -3.71. The molecule has 152 valence electrons. The lowest BCUT2D eigenvalue weighted by Gasteiger charge is -2.12. The number of pyridine rings is 1. The Bertz CT molecular complexity index is 1220. The first kappa shape index (κ1) is 19.6. The summed E-state index contributed by atoms with van der Waals surface area (Å²) in [6.45, 7) is 0.461. The number of carboxylic acids is 1. The number of nitrogens with zero attached hydrogens (tertiary/aromatic N) is 1. The molecule has 2 aromatic carbocycles. The second kappa shape index (κ2) is 8.34. The van der Waals surface area contributed by atoms with Gasteiger partial charge >= 0.3 is 5.97 Å². The summed E-state index contributed by atoms with van der Waals surface area (Å²) in [5.41, 5.74) is 10.2. The van der Waals surface area contributed by atoms with Crippen LogP contribution in [-0.2, 0) is 24.4 Å². The van der Waals surface area contributed by atoms with Gasteiger partial charge in [0.2, 0.25) is 0 Å². The van der Waals surface area contributed by atoms with E-state index in [0.29, 0.717) is 12.1 Å². The van der Waals surface area contributed by atoms with E-state index in [0.717, 1.165) is 33.4 Å². The molecule has 0 aliphatic carbocycles. The van der Waals surface area contributed by atoms with Crippen molar-refractivity contribution in [1.82, 2.24) is 4.98 Å². The minimum Gasteiger partial charge on any atom is -0.488 e. The molecule has 0 unspecified atom stereocenters. The molecule has 4 rings (SSSR count). The van der Waals surface area contributed by atoms with E-state index in [1.807, 2.05) is 30.3 Å². The number of aliphatic carboxylic acids is 1. The standard InChI is InChI=1S/C23H19FN2O4/c24-18-2-1-16(10-22(27)28)21(11-18)30-13-14-7-17-4-6-29-23(17)20(8-14)15-3-5-26-19(9-15)12-25/h1-9,11H,10,12-13,25H2,(H,27,28). The first-order chi connectivity index (χ1) is 14.5. The number of furan rings is 1. The zero-order valence-electron chi connectivity index (χ0n) is 16.0. The highest BCUT2D eigenvalue weighted by molar-refractivity contribution is 5.93. The molecule has 0 spiro atoms. The molecule has 4 aromatic rings. The molecule has 0 aliphatic heterocycles.